The molecule has 0 saturated heterocycles. The van der Waals surface area contributed by atoms with Gasteiger partial charge in [0, 0.05) is 48.4 Å². The molecule has 25 heavy (non-hydrogen) atoms. The average Bonchev–Trinajstić information content (AvgIpc) is 2.65. The Morgan fingerprint density at radius 1 is 1.28 bits per heavy atom. The SMILES string of the molecule is O=C(NCC1CNCc2ccccc21)c1cc(Cl)cc2ccncc12. The predicted octanol–water partition coefficient (Wildman–Crippen LogP) is 3.51. The van der Waals surface area contributed by atoms with Crippen LogP contribution < -0.4 is 10.6 Å². The molecule has 0 aliphatic carbocycles. The fraction of sp³-hybridized carbons (Fsp3) is 0.200. The normalized spacial score (nSPS) is 16.4. The summed E-state index contributed by atoms with van der Waals surface area (Å²) in [4.78, 5) is 16.9. The van der Waals surface area contributed by atoms with Gasteiger partial charge < -0.3 is 10.6 Å². The Morgan fingerprint density at radius 2 is 2.16 bits per heavy atom. The Kier molecular flexibility index (Phi) is 4.38. The van der Waals surface area contributed by atoms with Crippen LogP contribution in [0.25, 0.3) is 10.8 Å². The summed E-state index contributed by atoms with van der Waals surface area (Å²) < 4.78 is 0. The third-order valence-electron chi connectivity index (χ3n) is 4.68. The Balaban J connectivity index is 1.56. The lowest BCUT2D eigenvalue weighted by molar-refractivity contribution is 0.0952. The third-order valence-corrected chi connectivity index (χ3v) is 4.89. The lowest BCUT2D eigenvalue weighted by Crippen LogP contribution is -2.36. The number of hydrogen-bond acceptors (Lipinski definition) is 3. The summed E-state index contributed by atoms with van der Waals surface area (Å²) >= 11 is 6.17. The molecule has 4 nitrogen and oxygen atoms in total. The monoisotopic (exact) mass is 351 g/mol. The van der Waals surface area contributed by atoms with Crippen molar-refractivity contribution in [3.05, 3.63) is 76.6 Å². The van der Waals surface area contributed by atoms with E-state index in [1.807, 2.05) is 18.2 Å². The molecule has 3 aromatic rings. The molecule has 126 valence electrons. The Hall–Kier alpha value is -2.43. The number of nitrogens with one attached hydrogen (secondary N) is 2. The standard InChI is InChI=1S/C20H18ClN3O/c21-16-7-13-5-6-22-12-19(13)18(8-16)20(25)24-11-15-10-23-9-14-3-1-2-4-17(14)15/h1-8,12,15,23H,9-11H2,(H,24,25). The zero-order valence-electron chi connectivity index (χ0n) is 13.6. The predicted molar refractivity (Wildman–Crippen MR) is 100.0 cm³/mol. The summed E-state index contributed by atoms with van der Waals surface area (Å²) in [6.07, 6.45) is 3.41. The van der Waals surface area contributed by atoms with Gasteiger partial charge in [-0.15, -0.1) is 0 Å². The number of aromatic nitrogens is 1. The van der Waals surface area contributed by atoms with Crippen LogP contribution in [-0.2, 0) is 6.54 Å². The van der Waals surface area contributed by atoms with E-state index in [0.717, 1.165) is 23.9 Å². The molecule has 0 spiro atoms. The zero-order chi connectivity index (χ0) is 17.2. The minimum atomic E-state index is -0.122. The molecule has 0 radical (unpaired) electrons. The maximum Gasteiger partial charge on any atom is 0.252 e. The van der Waals surface area contributed by atoms with Crippen LogP contribution >= 0.6 is 11.6 Å². The molecule has 4 rings (SSSR count). The van der Waals surface area contributed by atoms with Gasteiger partial charge in [0.2, 0.25) is 0 Å². The molecule has 0 saturated carbocycles. The number of pyridine rings is 1. The van der Waals surface area contributed by atoms with Crippen LogP contribution in [0.5, 0.6) is 0 Å². The largest absolute Gasteiger partial charge is 0.351 e. The van der Waals surface area contributed by atoms with Gasteiger partial charge in [0.05, 0.1) is 5.56 Å². The van der Waals surface area contributed by atoms with Gasteiger partial charge in [0.1, 0.15) is 0 Å². The van der Waals surface area contributed by atoms with Crippen LogP contribution in [-0.4, -0.2) is 24.0 Å². The highest BCUT2D eigenvalue weighted by atomic mass is 35.5. The van der Waals surface area contributed by atoms with Gasteiger partial charge in [0.25, 0.3) is 5.91 Å². The van der Waals surface area contributed by atoms with E-state index in [0.29, 0.717) is 17.1 Å². The maximum atomic E-state index is 12.7. The van der Waals surface area contributed by atoms with E-state index in [4.69, 9.17) is 11.6 Å². The van der Waals surface area contributed by atoms with E-state index < -0.39 is 0 Å². The number of hydrogen-bond donors (Lipinski definition) is 2. The molecule has 1 aliphatic heterocycles. The van der Waals surface area contributed by atoms with Crippen molar-refractivity contribution >= 4 is 28.3 Å². The van der Waals surface area contributed by atoms with Crippen molar-refractivity contribution in [1.29, 1.82) is 0 Å². The molecule has 1 aliphatic rings. The minimum Gasteiger partial charge on any atom is -0.351 e. The van der Waals surface area contributed by atoms with Crippen molar-refractivity contribution in [1.82, 2.24) is 15.6 Å². The van der Waals surface area contributed by atoms with Gasteiger partial charge in [-0.25, -0.2) is 0 Å². The van der Waals surface area contributed by atoms with E-state index in [1.54, 1.807) is 18.5 Å². The highest BCUT2D eigenvalue weighted by Gasteiger charge is 2.20. The summed E-state index contributed by atoms with van der Waals surface area (Å²) in [5.74, 6) is 0.140. The number of amides is 1. The number of benzene rings is 2. The van der Waals surface area contributed by atoms with E-state index in [-0.39, 0.29) is 11.8 Å². The number of halogens is 1. The van der Waals surface area contributed by atoms with Gasteiger partial charge in [0.15, 0.2) is 0 Å². The molecule has 2 heterocycles. The molecule has 2 N–H and O–H groups in total. The van der Waals surface area contributed by atoms with Crippen molar-refractivity contribution in [2.75, 3.05) is 13.1 Å². The molecular formula is C20H18ClN3O. The van der Waals surface area contributed by atoms with Gasteiger partial charge in [-0.2, -0.15) is 0 Å². The van der Waals surface area contributed by atoms with Crippen molar-refractivity contribution in [3.8, 4) is 0 Å². The lowest BCUT2D eigenvalue weighted by atomic mass is 9.91. The van der Waals surface area contributed by atoms with E-state index in [2.05, 4.69) is 33.8 Å². The Bertz CT molecular complexity index is 941. The molecule has 1 unspecified atom stereocenters. The molecule has 5 heteroatoms. The van der Waals surface area contributed by atoms with Gasteiger partial charge in [-0.3, -0.25) is 9.78 Å². The van der Waals surface area contributed by atoms with E-state index in [9.17, 15) is 4.79 Å². The minimum absolute atomic E-state index is 0.122. The Morgan fingerprint density at radius 3 is 3.08 bits per heavy atom. The fourth-order valence-corrected chi connectivity index (χ4v) is 3.65. The van der Waals surface area contributed by atoms with Crippen molar-refractivity contribution in [2.24, 2.45) is 0 Å². The molecule has 0 bridgehead atoms. The van der Waals surface area contributed by atoms with Crippen LogP contribution in [0.15, 0.2) is 54.9 Å². The topological polar surface area (TPSA) is 54.0 Å². The van der Waals surface area contributed by atoms with Crippen molar-refractivity contribution < 1.29 is 4.79 Å². The second-order valence-electron chi connectivity index (χ2n) is 6.29. The average molecular weight is 352 g/mol. The molecule has 1 aromatic heterocycles. The fourth-order valence-electron chi connectivity index (χ4n) is 3.43. The highest BCUT2D eigenvalue weighted by molar-refractivity contribution is 6.32. The van der Waals surface area contributed by atoms with Crippen LogP contribution in [0.1, 0.15) is 27.4 Å². The van der Waals surface area contributed by atoms with Crippen LogP contribution in [0.2, 0.25) is 5.02 Å². The highest BCUT2D eigenvalue weighted by Crippen LogP contribution is 2.25. The zero-order valence-corrected chi connectivity index (χ0v) is 14.4. The second-order valence-corrected chi connectivity index (χ2v) is 6.72. The van der Waals surface area contributed by atoms with Crippen LogP contribution in [0.3, 0.4) is 0 Å². The number of carbonyl (C=O) groups excluding carboxylic acids is 1. The number of rotatable bonds is 3. The number of carbonyl (C=O) groups is 1. The summed E-state index contributed by atoms with van der Waals surface area (Å²) in [5.41, 5.74) is 3.16. The summed E-state index contributed by atoms with van der Waals surface area (Å²) in [6.45, 7) is 2.32. The van der Waals surface area contributed by atoms with Gasteiger partial charge >= 0.3 is 0 Å². The van der Waals surface area contributed by atoms with Gasteiger partial charge in [-0.1, -0.05) is 35.9 Å². The first-order valence-corrected chi connectivity index (χ1v) is 8.70. The van der Waals surface area contributed by atoms with Crippen LogP contribution in [0, 0.1) is 0 Å². The van der Waals surface area contributed by atoms with E-state index in [1.165, 1.54) is 11.1 Å². The maximum absolute atomic E-state index is 12.7. The van der Waals surface area contributed by atoms with Gasteiger partial charge in [-0.05, 0) is 34.7 Å². The summed E-state index contributed by atoms with van der Waals surface area (Å²) in [5, 5.41) is 8.75. The smallest absolute Gasteiger partial charge is 0.252 e. The molecule has 1 atom stereocenters. The second kappa shape index (κ2) is 6.82. The summed E-state index contributed by atoms with van der Waals surface area (Å²) in [6, 6.07) is 13.8. The molecule has 1 amide bonds. The van der Waals surface area contributed by atoms with Crippen molar-refractivity contribution in [3.63, 3.8) is 0 Å². The molecular weight excluding hydrogens is 334 g/mol. The first-order valence-electron chi connectivity index (χ1n) is 8.32. The molecule has 2 aromatic carbocycles. The third kappa shape index (κ3) is 3.23. The Labute approximate surface area is 151 Å². The van der Waals surface area contributed by atoms with Crippen LogP contribution in [0.4, 0.5) is 0 Å². The first kappa shape index (κ1) is 16.1. The van der Waals surface area contributed by atoms with Crippen molar-refractivity contribution in [2.45, 2.75) is 12.5 Å². The first-order chi connectivity index (χ1) is 12.2. The summed E-state index contributed by atoms with van der Waals surface area (Å²) in [7, 11) is 0. The lowest BCUT2D eigenvalue weighted by Gasteiger charge is -2.26. The number of fused-ring (bicyclic) bond motifs is 2. The van der Waals surface area contributed by atoms with E-state index >= 15 is 0 Å². The molecule has 0 fully saturated rings. The number of nitrogens with zero attached hydrogens (tertiary/aromatic N) is 1. The quantitative estimate of drug-likeness (QED) is 0.759.